The van der Waals surface area contributed by atoms with E-state index in [1.54, 1.807) is 0 Å². The molecule has 2 nitrogen and oxygen atoms in total. The van der Waals surface area contributed by atoms with E-state index in [4.69, 9.17) is 10.5 Å². The third kappa shape index (κ3) is 1.35. The Hall–Kier alpha value is -0.660. The van der Waals surface area contributed by atoms with Crippen molar-refractivity contribution < 1.29 is 4.74 Å². The lowest BCUT2D eigenvalue weighted by Crippen LogP contribution is -2.15. The Balaban J connectivity index is 2.04. The highest BCUT2D eigenvalue weighted by molar-refractivity contribution is 5.03. The maximum Gasteiger partial charge on any atom is 0.180 e. The molecule has 0 spiro atoms. The van der Waals surface area contributed by atoms with Gasteiger partial charge in [-0.2, -0.15) is 0 Å². The Morgan fingerprint density at radius 2 is 2.09 bits per heavy atom. The zero-order valence-corrected chi connectivity index (χ0v) is 6.75. The molecular formula is C9H15NO. The van der Waals surface area contributed by atoms with Crippen LogP contribution in [-0.2, 0) is 4.74 Å². The van der Waals surface area contributed by atoms with Crippen LogP contribution in [0.4, 0.5) is 0 Å². The van der Waals surface area contributed by atoms with Gasteiger partial charge >= 0.3 is 0 Å². The number of rotatable bonds is 0. The number of nitrogens with two attached hydrogens (primary N) is 1. The van der Waals surface area contributed by atoms with Crippen LogP contribution in [0.25, 0.3) is 0 Å². The number of ether oxygens (including phenoxy) is 1. The standard InChI is InChI=1S/C9H15NO/c10-9-6-7-4-2-1-3-5-8(7)11-9/h6-8H,1-5,10H2. The molecule has 2 N–H and O–H groups in total. The first kappa shape index (κ1) is 7.01. The molecule has 2 atom stereocenters. The summed E-state index contributed by atoms with van der Waals surface area (Å²) in [7, 11) is 0. The van der Waals surface area contributed by atoms with Gasteiger partial charge in [-0.1, -0.05) is 12.8 Å². The molecule has 0 aromatic heterocycles. The maximum absolute atomic E-state index is 5.58. The number of hydrogen-bond donors (Lipinski definition) is 1. The van der Waals surface area contributed by atoms with Gasteiger partial charge in [0.2, 0.25) is 0 Å². The van der Waals surface area contributed by atoms with Crippen LogP contribution in [0.15, 0.2) is 12.0 Å². The quantitative estimate of drug-likeness (QED) is 0.575. The summed E-state index contributed by atoms with van der Waals surface area (Å²) in [5.74, 6) is 1.28. The first-order chi connectivity index (χ1) is 5.36. The minimum atomic E-state index is 0.414. The van der Waals surface area contributed by atoms with Crippen molar-refractivity contribution in [2.45, 2.75) is 38.2 Å². The summed E-state index contributed by atoms with van der Waals surface area (Å²) in [4.78, 5) is 0. The predicted octanol–water partition coefficient (Wildman–Crippen LogP) is 1.77. The fraction of sp³-hybridized carbons (Fsp3) is 0.778. The van der Waals surface area contributed by atoms with Crippen LogP contribution in [0.2, 0.25) is 0 Å². The van der Waals surface area contributed by atoms with Crippen molar-refractivity contribution in [2.75, 3.05) is 0 Å². The summed E-state index contributed by atoms with van der Waals surface area (Å²) in [6.07, 6.45) is 8.99. The van der Waals surface area contributed by atoms with Crippen molar-refractivity contribution in [1.82, 2.24) is 0 Å². The minimum Gasteiger partial charge on any atom is -0.476 e. The van der Waals surface area contributed by atoms with Gasteiger partial charge in [-0.25, -0.2) is 0 Å². The van der Waals surface area contributed by atoms with Crippen LogP contribution in [-0.4, -0.2) is 6.10 Å². The maximum atomic E-state index is 5.58. The minimum absolute atomic E-state index is 0.414. The van der Waals surface area contributed by atoms with Gasteiger partial charge in [0.15, 0.2) is 5.88 Å². The summed E-state index contributed by atoms with van der Waals surface area (Å²) in [6.45, 7) is 0. The molecule has 0 saturated heterocycles. The van der Waals surface area contributed by atoms with Gasteiger partial charge in [0.05, 0.1) is 0 Å². The molecule has 2 aliphatic rings. The van der Waals surface area contributed by atoms with Gasteiger partial charge in [-0.05, 0) is 25.3 Å². The van der Waals surface area contributed by atoms with Crippen LogP contribution in [0, 0.1) is 5.92 Å². The second-order valence-electron chi connectivity index (χ2n) is 3.53. The Morgan fingerprint density at radius 1 is 1.27 bits per heavy atom. The van der Waals surface area contributed by atoms with Crippen LogP contribution in [0.5, 0.6) is 0 Å². The first-order valence-electron chi connectivity index (χ1n) is 4.50. The Bertz CT molecular complexity index is 176. The van der Waals surface area contributed by atoms with E-state index < -0.39 is 0 Å². The highest BCUT2D eigenvalue weighted by Crippen LogP contribution is 2.32. The van der Waals surface area contributed by atoms with E-state index in [1.807, 2.05) is 0 Å². The Kier molecular flexibility index (Phi) is 1.76. The lowest BCUT2D eigenvalue weighted by Gasteiger charge is -2.14. The molecule has 62 valence electrons. The molecule has 0 amide bonds. The van der Waals surface area contributed by atoms with Crippen molar-refractivity contribution >= 4 is 0 Å². The van der Waals surface area contributed by atoms with Crippen molar-refractivity contribution in [3.63, 3.8) is 0 Å². The molecule has 2 rings (SSSR count). The van der Waals surface area contributed by atoms with E-state index in [0.717, 1.165) is 0 Å². The summed E-state index contributed by atoms with van der Waals surface area (Å²) in [5.41, 5.74) is 5.58. The van der Waals surface area contributed by atoms with Gasteiger partial charge in [0, 0.05) is 5.92 Å². The molecule has 11 heavy (non-hydrogen) atoms. The van der Waals surface area contributed by atoms with E-state index in [1.165, 1.54) is 32.1 Å². The molecule has 0 radical (unpaired) electrons. The van der Waals surface area contributed by atoms with Crippen LogP contribution >= 0.6 is 0 Å². The molecule has 1 fully saturated rings. The van der Waals surface area contributed by atoms with Gasteiger partial charge in [0.1, 0.15) is 6.10 Å². The van der Waals surface area contributed by atoms with E-state index >= 15 is 0 Å². The average molecular weight is 153 g/mol. The fourth-order valence-electron chi connectivity index (χ4n) is 2.06. The predicted molar refractivity (Wildman–Crippen MR) is 43.7 cm³/mol. The molecule has 2 unspecified atom stereocenters. The second-order valence-corrected chi connectivity index (χ2v) is 3.53. The Morgan fingerprint density at radius 3 is 3.00 bits per heavy atom. The van der Waals surface area contributed by atoms with E-state index in [-0.39, 0.29) is 0 Å². The second kappa shape index (κ2) is 2.76. The van der Waals surface area contributed by atoms with E-state index in [9.17, 15) is 0 Å². The lowest BCUT2D eigenvalue weighted by molar-refractivity contribution is 0.105. The average Bonchev–Trinajstić information content (AvgIpc) is 2.17. The summed E-state index contributed by atoms with van der Waals surface area (Å²) in [5, 5.41) is 0. The van der Waals surface area contributed by atoms with Crippen molar-refractivity contribution in [3.05, 3.63) is 12.0 Å². The van der Waals surface area contributed by atoms with Gasteiger partial charge in [-0.3, -0.25) is 0 Å². The molecule has 1 aliphatic heterocycles. The highest BCUT2D eigenvalue weighted by Gasteiger charge is 2.28. The molecule has 0 aromatic rings. The van der Waals surface area contributed by atoms with E-state index in [2.05, 4.69) is 6.08 Å². The topological polar surface area (TPSA) is 35.2 Å². The highest BCUT2D eigenvalue weighted by atomic mass is 16.5. The fourth-order valence-corrected chi connectivity index (χ4v) is 2.06. The Labute approximate surface area is 67.4 Å². The van der Waals surface area contributed by atoms with Crippen molar-refractivity contribution in [1.29, 1.82) is 0 Å². The first-order valence-corrected chi connectivity index (χ1v) is 4.50. The zero-order chi connectivity index (χ0) is 7.68. The van der Waals surface area contributed by atoms with Gasteiger partial charge < -0.3 is 10.5 Å². The van der Waals surface area contributed by atoms with Crippen molar-refractivity contribution in [3.8, 4) is 0 Å². The lowest BCUT2D eigenvalue weighted by atomic mass is 9.99. The molecule has 1 heterocycles. The molecule has 0 aromatic carbocycles. The largest absolute Gasteiger partial charge is 0.476 e. The number of fused-ring (bicyclic) bond motifs is 1. The molecular weight excluding hydrogens is 138 g/mol. The number of hydrogen-bond acceptors (Lipinski definition) is 2. The third-order valence-corrected chi connectivity index (χ3v) is 2.67. The van der Waals surface area contributed by atoms with E-state index in [0.29, 0.717) is 17.9 Å². The normalized spacial score (nSPS) is 36.9. The van der Waals surface area contributed by atoms with Crippen LogP contribution in [0.1, 0.15) is 32.1 Å². The smallest absolute Gasteiger partial charge is 0.180 e. The van der Waals surface area contributed by atoms with Gasteiger partial charge in [-0.15, -0.1) is 0 Å². The van der Waals surface area contributed by atoms with Gasteiger partial charge in [0.25, 0.3) is 0 Å². The SMILES string of the molecule is NC1=CC2CCCCCC2O1. The molecule has 2 heteroatoms. The van der Waals surface area contributed by atoms with Crippen molar-refractivity contribution in [2.24, 2.45) is 11.7 Å². The monoisotopic (exact) mass is 153 g/mol. The third-order valence-electron chi connectivity index (χ3n) is 2.67. The zero-order valence-electron chi connectivity index (χ0n) is 6.75. The summed E-state index contributed by atoms with van der Waals surface area (Å²) in [6, 6.07) is 0. The summed E-state index contributed by atoms with van der Waals surface area (Å²) < 4.78 is 5.48. The summed E-state index contributed by atoms with van der Waals surface area (Å²) >= 11 is 0. The van der Waals surface area contributed by atoms with Crippen LogP contribution < -0.4 is 5.73 Å². The molecule has 1 saturated carbocycles. The molecule has 1 aliphatic carbocycles. The van der Waals surface area contributed by atoms with Crippen LogP contribution in [0.3, 0.4) is 0 Å². The molecule has 0 bridgehead atoms.